The van der Waals surface area contributed by atoms with Crippen LogP contribution in [-0.2, 0) is 0 Å². The summed E-state index contributed by atoms with van der Waals surface area (Å²) >= 11 is 0. The first kappa shape index (κ1) is 11.8. The van der Waals surface area contributed by atoms with Gasteiger partial charge in [-0.3, -0.25) is 4.79 Å². The summed E-state index contributed by atoms with van der Waals surface area (Å²) in [6.07, 6.45) is 2.17. The van der Waals surface area contributed by atoms with E-state index in [-0.39, 0.29) is 0 Å². The Morgan fingerprint density at radius 2 is 2.17 bits per heavy atom. The van der Waals surface area contributed by atoms with Gasteiger partial charge in [-0.2, -0.15) is 5.26 Å². The number of nitriles is 1. The molecule has 1 heterocycles. The molecule has 1 aromatic carbocycles. The third-order valence-corrected chi connectivity index (χ3v) is 2.44. The molecule has 0 N–H and O–H groups in total. The number of carbonyl (C=O) groups is 1. The van der Waals surface area contributed by atoms with Gasteiger partial charge in [0.1, 0.15) is 5.75 Å². The molecule has 0 bridgehead atoms. The van der Waals surface area contributed by atoms with Gasteiger partial charge >= 0.3 is 0 Å². The van der Waals surface area contributed by atoms with Gasteiger partial charge in [-0.1, -0.05) is 0 Å². The molecule has 0 fully saturated rings. The molecule has 0 aliphatic carbocycles. The van der Waals surface area contributed by atoms with Gasteiger partial charge in [-0.15, -0.1) is 0 Å². The topological polar surface area (TPSA) is 63.0 Å². The van der Waals surface area contributed by atoms with E-state index < -0.39 is 0 Å². The molecular formula is C14H10N2O2. The zero-order valence-electron chi connectivity index (χ0n) is 9.75. The molecule has 2 aromatic rings. The van der Waals surface area contributed by atoms with Crippen LogP contribution >= 0.6 is 0 Å². The number of aldehydes is 1. The van der Waals surface area contributed by atoms with E-state index in [1.54, 1.807) is 30.3 Å². The predicted octanol–water partition coefficient (Wildman–Crippen LogP) is 2.87. The molecule has 0 unspecified atom stereocenters. The second-order valence-electron chi connectivity index (χ2n) is 3.74. The number of benzene rings is 1. The standard InChI is InChI=1S/C14H10N2O2/c1-10-6-13(4-3-12(10)7-15)18-14-5-2-11(9-17)8-16-14/h2-6,8-9H,1H3. The van der Waals surface area contributed by atoms with Crippen molar-refractivity contribution in [2.75, 3.05) is 0 Å². The van der Waals surface area contributed by atoms with Crippen molar-refractivity contribution in [2.24, 2.45) is 0 Å². The highest BCUT2D eigenvalue weighted by Crippen LogP contribution is 2.22. The van der Waals surface area contributed by atoms with Gasteiger partial charge in [0.25, 0.3) is 0 Å². The molecule has 2 rings (SSSR count). The third-order valence-electron chi connectivity index (χ3n) is 2.44. The third kappa shape index (κ3) is 2.53. The molecule has 0 atom stereocenters. The van der Waals surface area contributed by atoms with Crippen LogP contribution in [0.4, 0.5) is 0 Å². The highest BCUT2D eigenvalue weighted by atomic mass is 16.5. The summed E-state index contributed by atoms with van der Waals surface area (Å²) in [7, 11) is 0. The lowest BCUT2D eigenvalue weighted by atomic mass is 10.1. The molecule has 0 aliphatic rings. The Hall–Kier alpha value is -2.67. The van der Waals surface area contributed by atoms with E-state index in [0.29, 0.717) is 22.8 Å². The second-order valence-corrected chi connectivity index (χ2v) is 3.74. The molecule has 0 saturated heterocycles. The fourth-order valence-electron chi connectivity index (χ4n) is 1.47. The Morgan fingerprint density at radius 1 is 1.33 bits per heavy atom. The quantitative estimate of drug-likeness (QED) is 0.771. The first-order chi connectivity index (χ1) is 8.72. The van der Waals surface area contributed by atoms with Crippen LogP contribution in [0.2, 0.25) is 0 Å². The van der Waals surface area contributed by atoms with E-state index in [9.17, 15) is 4.79 Å². The highest BCUT2D eigenvalue weighted by molar-refractivity contribution is 5.74. The van der Waals surface area contributed by atoms with Gasteiger partial charge in [-0.25, -0.2) is 4.98 Å². The maximum atomic E-state index is 10.5. The lowest BCUT2D eigenvalue weighted by molar-refractivity contribution is 0.112. The maximum absolute atomic E-state index is 10.5. The van der Waals surface area contributed by atoms with Crippen LogP contribution in [0.3, 0.4) is 0 Å². The number of aromatic nitrogens is 1. The zero-order chi connectivity index (χ0) is 13.0. The summed E-state index contributed by atoms with van der Waals surface area (Å²) in [5.41, 5.74) is 1.96. The van der Waals surface area contributed by atoms with Crippen molar-refractivity contribution in [3.8, 4) is 17.7 Å². The first-order valence-corrected chi connectivity index (χ1v) is 5.33. The average Bonchev–Trinajstić information content (AvgIpc) is 2.40. The minimum absolute atomic E-state index is 0.407. The molecule has 0 spiro atoms. The van der Waals surface area contributed by atoms with Crippen LogP contribution in [-0.4, -0.2) is 11.3 Å². The molecule has 4 heteroatoms. The van der Waals surface area contributed by atoms with Crippen LogP contribution in [0.5, 0.6) is 11.6 Å². The van der Waals surface area contributed by atoms with E-state index in [4.69, 9.17) is 10.00 Å². The van der Waals surface area contributed by atoms with Gasteiger partial charge < -0.3 is 4.74 Å². The largest absolute Gasteiger partial charge is 0.439 e. The van der Waals surface area contributed by atoms with E-state index >= 15 is 0 Å². The predicted molar refractivity (Wildman–Crippen MR) is 65.6 cm³/mol. The van der Waals surface area contributed by atoms with E-state index in [2.05, 4.69) is 11.1 Å². The summed E-state index contributed by atoms with van der Waals surface area (Å²) < 4.78 is 5.52. The van der Waals surface area contributed by atoms with Crippen molar-refractivity contribution in [3.05, 3.63) is 53.2 Å². The number of hydrogen-bond donors (Lipinski definition) is 0. The van der Waals surface area contributed by atoms with Crippen molar-refractivity contribution in [1.82, 2.24) is 4.98 Å². The Kier molecular flexibility index (Phi) is 3.35. The summed E-state index contributed by atoms with van der Waals surface area (Å²) in [6, 6.07) is 10.5. The summed E-state index contributed by atoms with van der Waals surface area (Å²) in [4.78, 5) is 14.5. The Labute approximate surface area is 104 Å². The van der Waals surface area contributed by atoms with Crippen LogP contribution in [0.15, 0.2) is 36.5 Å². The lowest BCUT2D eigenvalue weighted by Gasteiger charge is -2.06. The van der Waals surface area contributed by atoms with Crippen molar-refractivity contribution < 1.29 is 9.53 Å². The van der Waals surface area contributed by atoms with Crippen molar-refractivity contribution in [1.29, 1.82) is 5.26 Å². The van der Waals surface area contributed by atoms with Gasteiger partial charge in [0.05, 0.1) is 11.6 Å². The number of pyridine rings is 1. The molecule has 1 aromatic heterocycles. The number of aryl methyl sites for hydroxylation is 1. The van der Waals surface area contributed by atoms with Crippen LogP contribution in [0.25, 0.3) is 0 Å². The Balaban J connectivity index is 2.20. The number of nitrogens with zero attached hydrogens (tertiary/aromatic N) is 2. The average molecular weight is 238 g/mol. The van der Waals surface area contributed by atoms with Crippen LogP contribution in [0, 0.1) is 18.3 Å². The monoisotopic (exact) mass is 238 g/mol. The molecule has 0 aliphatic heterocycles. The number of ether oxygens (including phenoxy) is 1. The molecule has 88 valence electrons. The fraction of sp³-hybridized carbons (Fsp3) is 0.0714. The summed E-state index contributed by atoms with van der Waals surface area (Å²) in [5, 5.41) is 8.82. The normalized spacial score (nSPS) is 9.56. The first-order valence-electron chi connectivity index (χ1n) is 5.33. The number of rotatable bonds is 3. The molecule has 0 radical (unpaired) electrons. The van der Waals surface area contributed by atoms with Crippen LogP contribution in [0.1, 0.15) is 21.5 Å². The second kappa shape index (κ2) is 5.11. The van der Waals surface area contributed by atoms with E-state index in [0.717, 1.165) is 11.8 Å². The van der Waals surface area contributed by atoms with Crippen LogP contribution < -0.4 is 4.74 Å². The molecular weight excluding hydrogens is 228 g/mol. The summed E-state index contributed by atoms with van der Waals surface area (Å²) in [5.74, 6) is 1.02. The van der Waals surface area contributed by atoms with Crippen molar-refractivity contribution >= 4 is 6.29 Å². The number of carbonyl (C=O) groups excluding carboxylic acids is 1. The highest BCUT2D eigenvalue weighted by Gasteiger charge is 2.02. The molecule has 18 heavy (non-hydrogen) atoms. The van der Waals surface area contributed by atoms with Crippen molar-refractivity contribution in [3.63, 3.8) is 0 Å². The Morgan fingerprint density at radius 3 is 2.72 bits per heavy atom. The SMILES string of the molecule is Cc1cc(Oc2ccc(C=O)cn2)ccc1C#N. The zero-order valence-corrected chi connectivity index (χ0v) is 9.75. The maximum Gasteiger partial charge on any atom is 0.219 e. The minimum Gasteiger partial charge on any atom is -0.439 e. The van der Waals surface area contributed by atoms with Gasteiger partial charge in [0.2, 0.25) is 5.88 Å². The summed E-state index contributed by atoms with van der Waals surface area (Å²) in [6.45, 7) is 1.84. The molecule has 0 amide bonds. The van der Waals surface area contributed by atoms with Gasteiger partial charge in [-0.05, 0) is 36.8 Å². The smallest absolute Gasteiger partial charge is 0.219 e. The number of hydrogen-bond acceptors (Lipinski definition) is 4. The minimum atomic E-state index is 0.407. The molecule has 0 saturated carbocycles. The van der Waals surface area contributed by atoms with Gasteiger partial charge in [0, 0.05) is 17.8 Å². The fourth-order valence-corrected chi connectivity index (χ4v) is 1.47. The van der Waals surface area contributed by atoms with Crippen molar-refractivity contribution in [2.45, 2.75) is 6.92 Å². The molecule has 4 nitrogen and oxygen atoms in total. The Bertz CT molecular complexity index is 613. The van der Waals surface area contributed by atoms with E-state index in [1.165, 1.54) is 6.20 Å². The van der Waals surface area contributed by atoms with Gasteiger partial charge in [0.15, 0.2) is 6.29 Å². The lowest BCUT2D eigenvalue weighted by Crippen LogP contribution is -1.90. The van der Waals surface area contributed by atoms with E-state index in [1.807, 2.05) is 6.92 Å².